The lowest BCUT2D eigenvalue weighted by Gasteiger charge is -2.17. The van der Waals surface area contributed by atoms with Gasteiger partial charge in [-0.05, 0) is 42.0 Å². The third kappa shape index (κ3) is 5.07. The lowest BCUT2D eigenvalue weighted by atomic mass is 10.1. The van der Waals surface area contributed by atoms with Crippen LogP contribution in [0.1, 0.15) is 16.1 Å². The summed E-state index contributed by atoms with van der Waals surface area (Å²) in [5.41, 5.74) is 1.09. The van der Waals surface area contributed by atoms with Crippen molar-refractivity contribution in [3.63, 3.8) is 0 Å². The molecular formula is C21H17FN2O6. The molecule has 1 aromatic heterocycles. The van der Waals surface area contributed by atoms with Crippen LogP contribution in [-0.4, -0.2) is 35.4 Å². The maximum Gasteiger partial charge on any atom is 0.374 e. The molecule has 0 saturated carbocycles. The highest BCUT2D eigenvalue weighted by Gasteiger charge is 2.18. The van der Waals surface area contributed by atoms with E-state index in [9.17, 15) is 24.1 Å². The second-order valence-electron chi connectivity index (χ2n) is 6.42. The zero-order chi connectivity index (χ0) is 21.7. The Morgan fingerprint density at radius 1 is 1.13 bits per heavy atom. The van der Waals surface area contributed by atoms with Gasteiger partial charge in [0.25, 0.3) is 11.6 Å². The fourth-order valence-corrected chi connectivity index (χ4v) is 2.66. The number of ether oxygens (including phenoxy) is 1. The minimum atomic E-state index is -0.823. The second kappa shape index (κ2) is 8.99. The zero-order valence-corrected chi connectivity index (χ0v) is 15.9. The van der Waals surface area contributed by atoms with E-state index in [1.165, 1.54) is 60.5 Å². The van der Waals surface area contributed by atoms with Crippen LogP contribution >= 0.6 is 0 Å². The van der Waals surface area contributed by atoms with E-state index in [-0.39, 0.29) is 18.0 Å². The van der Waals surface area contributed by atoms with Crippen molar-refractivity contribution in [1.82, 2.24) is 4.90 Å². The molecule has 0 fully saturated rings. The maximum atomic E-state index is 13.2. The lowest BCUT2D eigenvalue weighted by molar-refractivity contribution is -0.384. The zero-order valence-electron chi connectivity index (χ0n) is 15.9. The molecule has 8 nitrogen and oxygen atoms in total. The number of non-ortho nitro benzene ring substituents is 1. The van der Waals surface area contributed by atoms with Gasteiger partial charge in [0.1, 0.15) is 11.6 Å². The number of amides is 1. The van der Waals surface area contributed by atoms with Crippen LogP contribution in [0.3, 0.4) is 0 Å². The Morgan fingerprint density at radius 2 is 1.87 bits per heavy atom. The largest absolute Gasteiger partial charge is 0.450 e. The van der Waals surface area contributed by atoms with Crippen LogP contribution in [-0.2, 0) is 16.1 Å². The molecule has 154 valence electrons. The van der Waals surface area contributed by atoms with Crippen molar-refractivity contribution in [2.24, 2.45) is 0 Å². The van der Waals surface area contributed by atoms with Crippen molar-refractivity contribution in [3.8, 4) is 11.3 Å². The molecule has 0 unspecified atom stereocenters. The Hall–Kier alpha value is -4.01. The Balaban J connectivity index is 1.56. The summed E-state index contributed by atoms with van der Waals surface area (Å²) in [5, 5.41) is 10.7. The molecule has 0 aliphatic carbocycles. The molecule has 0 radical (unpaired) electrons. The number of esters is 1. The van der Waals surface area contributed by atoms with E-state index >= 15 is 0 Å². The van der Waals surface area contributed by atoms with Crippen molar-refractivity contribution in [2.75, 3.05) is 13.7 Å². The number of benzene rings is 2. The van der Waals surface area contributed by atoms with E-state index in [4.69, 9.17) is 9.15 Å². The van der Waals surface area contributed by atoms with Crippen molar-refractivity contribution in [2.45, 2.75) is 6.54 Å². The van der Waals surface area contributed by atoms with Crippen molar-refractivity contribution in [3.05, 3.63) is 87.9 Å². The molecule has 3 rings (SSSR count). The van der Waals surface area contributed by atoms with Crippen molar-refractivity contribution in [1.29, 1.82) is 0 Å². The number of halogens is 1. The highest BCUT2D eigenvalue weighted by atomic mass is 19.1. The molecular weight excluding hydrogens is 395 g/mol. The predicted octanol–water partition coefficient (Wildman–Crippen LogP) is 3.81. The molecule has 0 aliphatic heterocycles. The SMILES string of the molecule is CN(Cc1cccc(F)c1)C(=O)COC(=O)c1ccc(-c2ccc([N+](=O)[O-])cc2)o1. The predicted molar refractivity (Wildman–Crippen MR) is 104 cm³/mol. The summed E-state index contributed by atoms with van der Waals surface area (Å²) < 4.78 is 23.6. The normalized spacial score (nSPS) is 10.5. The Labute approximate surface area is 170 Å². The molecule has 3 aromatic rings. The fourth-order valence-electron chi connectivity index (χ4n) is 2.66. The van der Waals surface area contributed by atoms with Crippen molar-refractivity contribution >= 4 is 17.6 Å². The molecule has 0 aliphatic rings. The molecule has 9 heteroatoms. The fraction of sp³-hybridized carbons (Fsp3) is 0.143. The smallest absolute Gasteiger partial charge is 0.374 e. The highest BCUT2D eigenvalue weighted by molar-refractivity contribution is 5.89. The highest BCUT2D eigenvalue weighted by Crippen LogP contribution is 2.24. The Morgan fingerprint density at radius 3 is 2.53 bits per heavy atom. The van der Waals surface area contributed by atoms with Crippen molar-refractivity contribution < 1.29 is 28.1 Å². The first-order chi connectivity index (χ1) is 14.3. The number of hydrogen-bond donors (Lipinski definition) is 0. The van der Waals surface area contributed by atoms with Gasteiger partial charge in [-0.3, -0.25) is 14.9 Å². The quantitative estimate of drug-likeness (QED) is 0.332. The number of carbonyl (C=O) groups excluding carboxylic acids is 2. The molecule has 0 atom stereocenters. The van der Waals surface area contributed by atoms with Gasteiger partial charge in [0.15, 0.2) is 6.61 Å². The molecule has 1 heterocycles. The van der Waals surface area contributed by atoms with E-state index in [1.807, 2.05) is 0 Å². The van der Waals surface area contributed by atoms with Crippen LogP contribution in [0.15, 0.2) is 65.1 Å². The topological polar surface area (TPSA) is 103 Å². The monoisotopic (exact) mass is 412 g/mol. The number of nitro benzene ring substituents is 1. The molecule has 2 aromatic carbocycles. The first-order valence-corrected chi connectivity index (χ1v) is 8.83. The summed E-state index contributed by atoms with van der Waals surface area (Å²) in [6.45, 7) is -0.336. The van der Waals surface area contributed by atoms with Gasteiger partial charge in [-0.2, -0.15) is 0 Å². The van der Waals surface area contributed by atoms with Gasteiger partial charge in [-0.25, -0.2) is 9.18 Å². The van der Waals surface area contributed by atoms with Crippen LogP contribution < -0.4 is 0 Å². The molecule has 0 bridgehead atoms. The van der Waals surface area contributed by atoms with Gasteiger partial charge < -0.3 is 14.1 Å². The number of likely N-dealkylation sites (N-methyl/N-ethyl adjacent to an activating group) is 1. The summed E-state index contributed by atoms with van der Waals surface area (Å²) in [7, 11) is 1.51. The number of nitro groups is 1. The average Bonchev–Trinajstić information content (AvgIpc) is 3.22. The van der Waals surface area contributed by atoms with E-state index < -0.39 is 29.2 Å². The van der Waals surface area contributed by atoms with E-state index in [0.29, 0.717) is 16.9 Å². The van der Waals surface area contributed by atoms with E-state index in [1.54, 1.807) is 12.1 Å². The summed E-state index contributed by atoms with van der Waals surface area (Å²) in [4.78, 5) is 35.8. The summed E-state index contributed by atoms with van der Waals surface area (Å²) in [5.74, 6) is -1.47. The van der Waals surface area contributed by atoms with Crippen LogP contribution in [0.4, 0.5) is 10.1 Å². The van der Waals surface area contributed by atoms with Gasteiger partial charge in [0, 0.05) is 31.3 Å². The summed E-state index contributed by atoms with van der Waals surface area (Å²) >= 11 is 0. The number of hydrogen-bond acceptors (Lipinski definition) is 6. The first kappa shape index (κ1) is 20.7. The van der Waals surface area contributed by atoms with Crippen LogP contribution in [0.25, 0.3) is 11.3 Å². The molecule has 0 spiro atoms. The first-order valence-electron chi connectivity index (χ1n) is 8.83. The minimum Gasteiger partial charge on any atom is -0.450 e. The van der Waals surface area contributed by atoms with Gasteiger partial charge >= 0.3 is 5.97 Å². The number of nitrogens with zero attached hydrogens (tertiary/aromatic N) is 2. The van der Waals surface area contributed by atoms with Crippen LogP contribution in [0.5, 0.6) is 0 Å². The van der Waals surface area contributed by atoms with Crippen LogP contribution in [0, 0.1) is 15.9 Å². The number of furan rings is 1. The summed E-state index contributed by atoms with van der Waals surface area (Å²) in [6, 6.07) is 14.4. The standard InChI is InChI=1S/C21H17FN2O6/c1-23(12-14-3-2-4-16(22)11-14)20(25)13-29-21(26)19-10-9-18(30-19)15-5-7-17(8-6-15)24(27)28/h2-11H,12-13H2,1H3. The number of carbonyl (C=O) groups is 2. The molecule has 1 amide bonds. The maximum absolute atomic E-state index is 13.2. The molecule has 30 heavy (non-hydrogen) atoms. The lowest BCUT2D eigenvalue weighted by Crippen LogP contribution is -2.30. The third-order valence-electron chi connectivity index (χ3n) is 4.23. The van der Waals surface area contributed by atoms with Gasteiger partial charge in [0.05, 0.1) is 4.92 Å². The second-order valence-corrected chi connectivity index (χ2v) is 6.42. The van der Waals surface area contributed by atoms with E-state index in [0.717, 1.165) is 0 Å². The van der Waals surface area contributed by atoms with Gasteiger partial charge in [-0.1, -0.05) is 12.1 Å². The van der Waals surface area contributed by atoms with Gasteiger partial charge in [0.2, 0.25) is 5.76 Å². The number of rotatable bonds is 7. The summed E-state index contributed by atoms with van der Waals surface area (Å²) in [6.07, 6.45) is 0. The minimum absolute atomic E-state index is 0.0641. The Bertz CT molecular complexity index is 1080. The van der Waals surface area contributed by atoms with Crippen LogP contribution in [0.2, 0.25) is 0 Å². The molecule has 0 N–H and O–H groups in total. The van der Waals surface area contributed by atoms with Gasteiger partial charge in [-0.15, -0.1) is 0 Å². The third-order valence-corrected chi connectivity index (χ3v) is 4.23. The Kier molecular flexibility index (Phi) is 6.21. The molecule has 0 saturated heterocycles. The van der Waals surface area contributed by atoms with E-state index in [2.05, 4.69) is 0 Å². The average molecular weight is 412 g/mol.